The van der Waals surface area contributed by atoms with Gasteiger partial charge in [0.15, 0.2) is 0 Å². The minimum Gasteiger partial charge on any atom is -0.493 e. The van der Waals surface area contributed by atoms with Crippen LogP contribution in [-0.4, -0.2) is 37.3 Å². The molecule has 6 nitrogen and oxygen atoms in total. The average molecular weight is 449 g/mol. The minimum absolute atomic E-state index is 0.111. The Morgan fingerprint density at radius 1 is 1.18 bits per heavy atom. The molecule has 1 saturated heterocycles. The van der Waals surface area contributed by atoms with Crippen LogP contribution in [0, 0.1) is 12.8 Å². The molecule has 2 aromatic carbocycles. The SMILES string of the molecule is CCOC(=O)C[C@H]1CCNCC1c1cccc(OCCc2nc(-c3ccccc3)oc2C)c1. The highest BCUT2D eigenvalue weighted by atomic mass is 16.5. The van der Waals surface area contributed by atoms with Gasteiger partial charge in [0.25, 0.3) is 0 Å². The van der Waals surface area contributed by atoms with E-state index in [2.05, 4.69) is 22.4 Å². The number of nitrogens with zero attached hydrogens (tertiary/aromatic N) is 1. The molecule has 2 heterocycles. The summed E-state index contributed by atoms with van der Waals surface area (Å²) in [5.41, 5.74) is 3.08. The van der Waals surface area contributed by atoms with Crippen molar-refractivity contribution in [1.29, 1.82) is 0 Å². The number of carbonyl (C=O) groups is 1. The first kappa shape index (κ1) is 23.1. The number of carbonyl (C=O) groups excluding carboxylic acids is 1. The molecular formula is C27H32N2O4. The third kappa shape index (κ3) is 6.02. The summed E-state index contributed by atoms with van der Waals surface area (Å²) < 4.78 is 17.1. The van der Waals surface area contributed by atoms with Crippen LogP contribution in [0.15, 0.2) is 59.0 Å². The third-order valence-corrected chi connectivity index (χ3v) is 6.17. The van der Waals surface area contributed by atoms with Crippen LogP contribution < -0.4 is 10.1 Å². The van der Waals surface area contributed by atoms with E-state index in [1.165, 1.54) is 5.56 Å². The number of hydrogen-bond donors (Lipinski definition) is 1. The summed E-state index contributed by atoms with van der Waals surface area (Å²) in [5, 5.41) is 3.46. The summed E-state index contributed by atoms with van der Waals surface area (Å²) in [6.45, 7) is 6.51. The monoisotopic (exact) mass is 448 g/mol. The van der Waals surface area contributed by atoms with Gasteiger partial charge in [-0.15, -0.1) is 0 Å². The quantitative estimate of drug-likeness (QED) is 0.469. The van der Waals surface area contributed by atoms with E-state index in [0.717, 1.165) is 42.3 Å². The second-order valence-electron chi connectivity index (χ2n) is 8.43. The zero-order valence-electron chi connectivity index (χ0n) is 19.4. The van der Waals surface area contributed by atoms with Crippen LogP contribution in [0.25, 0.3) is 11.5 Å². The van der Waals surface area contributed by atoms with Gasteiger partial charge in [0.1, 0.15) is 11.5 Å². The lowest BCUT2D eigenvalue weighted by atomic mass is 9.79. The Hall–Kier alpha value is -3.12. The Morgan fingerprint density at radius 2 is 2.03 bits per heavy atom. The molecule has 4 rings (SSSR count). The van der Waals surface area contributed by atoms with Gasteiger partial charge < -0.3 is 19.2 Å². The summed E-state index contributed by atoms with van der Waals surface area (Å²) in [4.78, 5) is 16.7. The molecule has 0 amide bonds. The summed E-state index contributed by atoms with van der Waals surface area (Å²) in [6, 6.07) is 18.1. The standard InChI is InChI=1S/C27H32N2O4/c1-3-31-26(30)17-22-12-14-28-18-24(22)21-10-7-11-23(16-21)32-15-13-25-19(2)33-27(29-25)20-8-5-4-6-9-20/h4-11,16,22,24,28H,3,12-15,17-18H2,1-2H3/t22-,24?/m1/s1. The fourth-order valence-corrected chi connectivity index (χ4v) is 4.45. The van der Waals surface area contributed by atoms with E-state index in [4.69, 9.17) is 13.9 Å². The topological polar surface area (TPSA) is 73.6 Å². The maximum atomic E-state index is 12.1. The molecule has 0 bridgehead atoms. The maximum Gasteiger partial charge on any atom is 0.306 e. The van der Waals surface area contributed by atoms with Crippen molar-refractivity contribution in [3.05, 3.63) is 71.6 Å². The molecule has 1 fully saturated rings. The Labute approximate surface area is 195 Å². The van der Waals surface area contributed by atoms with E-state index in [1.54, 1.807) is 0 Å². The highest BCUT2D eigenvalue weighted by Gasteiger charge is 2.29. The van der Waals surface area contributed by atoms with Gasteiger partial charge >= 0.3 is 5.97 Å². The minimum atomic E-state index is -0.111. The molecule has 0 aliphatic carbocycles. The number of benzene rings is 2. The zero-order chi connectivity index (χ0) is 23.0. The van der Waals surface area contributed by atoms with E-state index >= 15 is 0 Å². The van der Waals surface area contributed by atoms with Crippen molar-refractivity contribution in [3.63, 3.8) is 0 Å². The zero-order valence-corrected chi connectivity index (χ0v) is 19.4. The number of piperidine rings is 1. The van der Waals surface area contributed by atoms with E-state index in [0.29, 0.717) is 31.9 Å². The molecule has 1 unspecified atom stereocenters. The van der Waals surface area contributed by atoms with E-state index in [1.807, 2.05) is 56.3 Å². The maximum absolute atomic E-state index is 12.1. The van der Waals surface area contributed by atoms with Crippen molar-refractivity contribution in [2.45, 2.75) is 39.0 Å². The van der Waals surface area contributed by atoms with E-state index in [-0.39, 0.29) is 17.8 Å². The normalized spacial score (nSPS) is 18.1. The number of hydrogen-bond acceptors (Lipinski definition) is 6. The summed E-state index contributed by atoms with van der Waals surface area (Å²) in [7, 11) is 0. The van der Waals surface area contributed by atoms with Crippen molar-refractivity contribution < 1.29 is 18.7 Å². The largest absolute Gasteiger partial charge is 0.493 e. The Morgan fingerprint density at radius 3 is 2.85 bits per heavy atom. The van der Waals surface area contributed by atoms with Crippen molar-refractivity contribution in [3.8, 4) is 17.2 Å². The molecule has 0 spiro atoms. The van der Waals surface area contributed by atoms with Crippen molar-refractivity contribution >= 4 is 5.97 Å². The highest BCUT2D eigenvalue weighted by molar-refractivity contribution is 5.69. The molecule has 1 aromatic heterocycles. The van der Waals surface area contributed by atoms with Gasteiger partial charge in [0.05, 0.1) is 18.9 Å². The fraction of sp³-hybridized carbons (Fsp3) is 0.407. The number of nitrogens with one attached hydrogen (secondary N) is 1. The van der Waals surface area contributed by atoms with Gasteiger partial charge in [0, 0.05) is 24.9 Å². The first-order chi connectivity index (χ1) is 16.1. The Balaban J connectivity index is 1.37. The predicted octanol–water partition coefficient (Wildman–Crippen LogP) is 4.92. The van der Waals surface area contributed by atoms with Crippen LogP contribution in [0.4, 0.5) is 0 Å². The molecule has 1 N–H and O–H groups in total. The first-order valence-electron chi connectivity index (χ1n) is 11.7. The molecule has 3 aromatic rings. The number of oxazole rings is 1. The van der Waals surface area contributed by atoms with Crippen molar-refractivity contribution in [1.82, 2.24) is 10.3 Å². The van der Waals surface area contributed by atoms with Gasteiger partial charge in [0.2, 0.25) is 5.89 Å². The summed E-state index contributed by atoms with van der Waals surface area (Å²) in [5.74, 6) is 2.72. The molecule has 1 aliphatic rings. The number of aryl methyl sites for hydroxylation is 1. The van der Waals surface area contributed by atoms with Crippen LogP contribution in [0.2, 0.25) is 0 Å². The van der Waals surface area contributed by atoms with Crippen LogP contribution in [0.1, 0.15) is 42.7 Å². The number of rotatable bonds is 9. The van der Waals surface area contributed by atoms with Crippen LogP contribution in [0.5, 0.6) is 5.75 Å². The summed E-state index contributed by atoms with van der Waals surface area (Å²) in [6.07, 6.45) is 2.09. The molecule has 0 saturated carbocycles. The molecule has 33 heavy (non-hydrogen) atoms. The van der Waals surface area contributed by atoms with Crippen LogP contribution in [-0.2, 0) is 16.0 Å². The number of ether oxygens (including phenoxy) is 2. The first-order valence-corrected chi connectivity index (χ1v) is 11.7. The van der Waals surface area contributed by atoms with Gasteiger partial charge in [-0.3, -0.25) is 4.79 Å². The Kier molecular flexibility index (Phi) is 7.79. The third-order valence-electron chi connectivity index (χ3n) is 6.17. The average Bonchev–Trinajstić information content (AvgIpc) is 3.21. The summed E-state index contributed by atoms with van der Waals surface area (Å²) >= 11 is 0. The fourth-order valence-electron chi connectivity index (χ4n) is 4.45. The molecule has 174 valence electrons. The Bertz CT molecular complexity index is 1050. The number of esters is 1. The number of aromatic nitrogens is 1. The molecule has 2 atom stereocenters. The lowest BCUT2D eigenvalue weighted by Gasteiger charge is -2.32. The second kappa shape index (κ2) is 11.1. The van der Waals surface area contributed by atoms with Crippen molar-refractivity contribution in [2.24, 2.45) is 5.92 Å². The molecule has 1 aliphatic heterocycles. The molecule has 6 heteroatoms. The van der Waals surface area contributed by atoms with Gasteiger partial charge in [-0.2, -0.15) is 0 Å². The molecule has 0 radical (unpaired) electrons. The van der Waals surface area contributed by atoms with Gasteiger partial charge in [-0.1, -0.05) is 30.3 Å². The van der Waals surface area contributed by atoms with Crippen LogP contribution >= 0.6 is 0 Å². The second-order valence-corrected chi connectivity index (χ2v) is 8.43. The lowest BCUT2D eigenvalue weighted by Crippen LogP contribution is -2.36. The highest BCUT2D eigenvalue weighted by Crippen LogP contribution is 2.33. The smallest absolute Gasteiger partial charge is 0.306 e. The lowest BCUT2D eigenvalue weighted by molar-refractivity contribution is -0.144. The van der Waals surface area contributed by atoms with Crippen molar-refractivity contribution in [2.75, 3.05) is 26.3 Å². The van der Waals surface area contributed by atoms with E-state index in [9.17, 15) is 4.79 Å². The molecular weight excluding hydrogens is 416 g/mol. The predicted molar refractivity (Wildman–Crippen MR) is 127 cm³/mol. The van der Waals surface area contributed by atoms with E-state index < -0.39 is 0 Å². The van der Waals surface area contributed by atoms with Gasteiger partial charge in [-0.25, -0.2) is 4.98 Å². The van der Waals surface area contributed by atoms with Gasteiger partial charge in [-0.05, 0) is 68.5 Å². The van der Waals surface area contributed by atoms with Crippen LogP contribution in [0.3, 0.4) is 0 Å².